The van der Waals surface area contributed by atoms with Crippen LogP contribution in [-0.2, 0) is 4.79 Å². The van der Waals surface area contributed by atoms with E-state index < -0.39 is 28.3 Å². The number of hydrogen-bond acceptors (Lipinski definition) is 4. The zero-order valence-electron chi connectivity index (χ0n) is 11.7. The number of carbonyl (C=O) groups excluding carboxylic acids is 1. The van der Waals surface area contributed by atoms with Gasteiger partial charge in [-0.1, -0.05) is 32.4 Å². The maximum Gasteiger partial charge on any atom is 0.326 e. The third kappa shape index (κ3) is 4.16. The van der Waals surface area contributed by atoms with E-state index in [1.807, 2.05) is 0 Å². The third-order valence-corrected chi connectivity index (χ3v) is 3.11. The van der Waals surface area contributed by atoms with Crippen LogP contribution in [0.3, 0.4) is 0 Å². The van der Waals surface area contributed by atoms with Gasteiger partial charge < -0.3 is 10.4 Å². The van der Waals surface area contributed by atoms with Gasteiger partial charge >= 0.3 is 5.97 Å². The van der Waals surface area contributed by atoms with Crippen molar-refractivity contribution in [3.05, 3.63) is 38.9 Å². The fourth-order valence-corrected chi connectivity index (χ4v) is 1.92. The molecule has 0 aliphatic carbocycles. The van der Waals surface area contributed by atoms with E-state index in [2.05, 4.69) is 5.32 Å². The number of benzene rings is 1. The molecule has 0 saturated heterocycles. The highest BCUT2D eigenvalue weighted by molar-refractivity contribution is 6.34. The van der Waals surface area contributed by atoms with Gasteiger partial charge in [-0.3, -0.25) is 14.9 Å². The van der Waals surface area contributed by atoms with Gasteiger partial charge in [-0.2, -0.15) is 0 Å². The number of rotatable bonds is 4. The van der Waals surface area contributed by atoms with Crippen molar-refractivity contribution in [2.24, 2.45) is 5.41 Å². The summed E-state index contributed by atoms with van der Waals surface area (Å²) in [7, 11) is 0. The lowest BCUT2D eigenvalue weighted by atomic mass is 9.86. The van der Waals surface area contributed by atoms with Crippen LogP contribution < -0.4 is 5.32 Å². The van der Waals surface area contributed by atoms with Gasteiger partial charge in [-0.15, -0.1) is 0 Å². The molecule has 0 aromatic heterocycles. The van der Waals surface area contributed by atoms with Crippen LogP contribution in [0.15, 0.2) is 18.2 Å². The summed E-state index contributed by atoms with van der Waals surface area (Å²) in [5.74, 6) is -1.87. The number of nitrogens with zero attached hydrogens (tertiary/aromatic N) is 1. The van der Waals surface area contributed by atoms with Crippen LogP contribution in [0.5, 0.6) is 0 Å². The molecule has 1 atom stereocenters. The van der Waals surface area contributed by atoms with E-state index in [9.17, 15) is 19.7 Å². The van der Waals surface area contributed by atoms with Gasteiger partial charge in [0, 0.05) is 12.1 Å². The van der Waals surface area contributed by atoms with Gasteiger partial charge in [-0.25, -0.2) is 4.79 Å². The molecule has 2 N–H and O–H groups in total. The molecule has 0 aliphatic heterocycles. The third-order valence-electron chi connectivity index (χ3n) is 2.80. The largest absolute Gasteiger partial charge is 0.480 e. The van der Waals surface area contributed by atoms with E-state index in [-0.39, 0.29) is 16.3 Å². The van der Waals surface area contributed by atoms with Crippen molar-refractivity contribution in [2.45, 2.75) is 26.8 Å². The van der Waals surface area contributed by atoms with Crippen LogP contribution in [0, 0.1) is 15.5 Å². The average Bonchev–Trinajstić information content (AvgIpc) is 2.33. The number of carboxylic acid groups (broad SMARTS) is 1. The summed E-state index contributed by atoms with van der Waals surface area (Å²) in [6.07, 6.45) is 0. The molecule has 0 aliphatic rings. The van der Waals surface area contributed by atoms with Gasteiger partial charge in [0.25, 0.3) is 11.6 Å². The summed E-state index contributed by atoms with van der Waals surface area (Å²) in [5, 5.41) is 22.0. The number of nitro benzene ring substituents is 1. The lowest BCUT2D eigenvalue weighted by Crippen LogP contribution is -2.49. The number of carbonyl (C=O) groups is 2. The molecule has 1 aromatic carbocycles. The highest BCUT2D eigenvalue weighted by Crippen LogP contribution is 2.24. The first-order valence-corrected chi connectivity index (χ1v) is 6.39. The topological polar surface area (TPSA) is 110 Å². The van der Waals surface area contributed by atoms with E-state index in [4.69, 9.17) is 16.7 Å². The molecule has 0 fully saturated rings. The maximum atomic E-state index is 12.1. The number of nitro groups is 1. The molecule has 114 valence electrons. The number of non-ortho nitro benzene ring substituents is 1. The summed E-state index contributed by atoms with van der Waals surface area (Å²) in [4.78, 5) is 33.2. The Morgan fingerprint density at radius 3 is 2.33 bits per heavy atom. The maximum absolute atomic E-state index is 12.1. The van der Waals surface area contributed by atoms with E-state index in [1.165, 1.54) is 6.07 Å². The summed E-state index contributed by atoms with van der Waals surface area (Å²) in [6.45, 7) is 5.01. The Bertz CT molecular complexity index is 595. The molecular formula is C13H15ClN2O5. The van der Waals surface area contributed by atoms with Crippen LogP contribution >= 0.6 is 11.6 Å². The number of carboxylic acids is 1. The molecule has 1 rings (SSSR count). The molecular weight excluding hydrogens is 300 g/mol. The summed E-state index contributed by atoms with van der Waals surface area (Å²) >= 11 is 5.83. The average molecular weight is 315 g/mol. The standard InChI is InChI=1S/C13H15ClN2O5/c1-13(2,3)10(12(18)19)15-11(17)8-5-4-7(16(20)21)6-9(8)14/h4-6,10H,1-3H3,(H,15,17)(H,18,19)/t10-/m0/s1. The van der Waals surface area contributed by atoms with Crippen molar-refractivity contribution in [3.63, 3.8) is 0 Å². The van der Waals surface area contributed by atoms with Crippen molar-refractivity contribution >= 4 is 29.2 Å². The van der Waals surface area contributed by atoms with Crippen molar-refractivity contribution in [2.75, 3.05) is 0 Å². The molecule has 0 bridgehead atoms. The van der Waals surface area contributed by atoms with E-state index >= 15 is 0 Å². The Hall–Kier alpha value is -2.15. The Kier molecular flexibility index (Phi) is 4.90. The molecule has 0 unspecified atom stereocenters. The molecule has 7 nitrogen and oxygen atoms in total. The fraction of sp³-hybridized carbons (Fsp3) is 0.385. The predicted molar refractivity (Wildman–Crippen MR) is 76.5 cm³/mol. The van der Waals surface area contributed by atoms with Gasteiger partial charge in [0.05, 0.1) is 15.5 Å². The molecule has 1 amide bonds. The predicted octanol–water partition coefficient (Wildman–Crippen LogP) is 2.48. The van der Waals surface area contributed by atoms with E-state index in [0.717, 1.165) is 12.1 Å². The smallest absolute Gasteiger partial charge is 0.326 e. The van der Waals surface area contributed by atoms with Crippen molar-refractivity contribution in [1.82, 2.24) is 5.32 Å². The highest BCUT2D eigenvalue weighted by Gasteiger charge is 2.33. The number of hydrogen-bond donors (Lipinski definition) is 2. The molecule has 8 heteroatoms. The minimum absolute atomic E-state index is 0.0160. The second-order valence-electron chi connectivity index (χ2n) is 5.53. The second kappa shape index (κ2) is 6.09. The van der Waals surface area contributed by atoms with Crippen LogP contribution in [-0.4, -0.2) is 27.9 Å². The molecule has 0 heterocycles. The minimum Gasteiger partial charge on any atom is -0.480 e. The van der Waals surface area contributed by atoms with Gasteiger partial charge in [0.15, 0.2) is 0 Å². The van der Waals surface area contributed by atoms with Crippen molar-refractivity contribution in [3.8, 4) is 0 Å². The molecule has 0 saturated carbocycles. The Morgan fingerprint density at radius 1 is 1.38 bits per heavy atom. The van der Waals surface area contributed by atoms with Crippen molar-refractivity contribution < 1.29 is 19.6 Å². The van der Waals surface area contributed by atoms with Crippen LogP contribution in [0.1, 0.15) is 31.1 Å². The van der Waals surface area contributed by atoms with Gasteiger partial charge in [0.1, 0.15) is 6.04 Å². The van der Waals surface area contributed by atoms with E-state index in [0.29, 0.717) is 0 Å². The first-order chi connectivity index (χ1) is 9.54. The lowest BCUT2D eigenvalue weighted by Gasteiger charge is -2.27. The quantitative estimate of drug-likeness (QED) is 0.655. The zero-order valence-corrected chi connectivity index (χ0v) is 12.5. The number of halogens is 1. The number of nitrogens with one attached hydrogen (secondary N) is 1. The normalized spacial score (nSPS) is 12.6. The highest BCUT2D eigenvalue weighted by atomic mass is 35.5. The number of amides is 1. The zero-order chi connectivity index (χ0) is 16.4. The first kappa shape index (κ1) is 16.9. The SMILES string of the molecule is CC(C)(C)[C@@H](NC(=O)c1ccc([N+](=O)[O-])cc1Cl)C(=O)O. The second-order valence-corrected chi connectivity index (χ2v) is 5.94. The van der Waals surface area contributed by atoms with Crippen LogP contribution in [0.2, 0.25) is 5.02 Å². The number of aliphatic carboxylic acids is 1. The minimum atomic E-state index is -1.17. The van der Waals surface area contributed by atoms with E-state index in [1.54, 1.807) is 20.8 Å². The molecule has 21 heavy (non-hydrogen) atoms. The molecule has 0 spiro atoms. The van der Waals surface area contributed by atoms with Crippen molar-refractivity contribution in [1.29, 1.82) is 0 Å². The van der Waals surface area contributed by atoms with Crippen LogP contribution in [0.25, 0.3) is 0 Å². The summed E-state index contributed by atoms with van der Waals surface area (Å²) in [6, 6.07) is 2.25. The molecule has 0 radical (unpaired) electrons. The first-order valence-electron chi connectivity index (χ1n) is 6.01. The summed E-state index contributed by atoms with van der Waals surface area (Å²) in [5.41, 5.74) is -0.964. The molecule has 1 aromatic rings. The Labute approximate surface area is 126 Å². The summed E-state index contributed by atoms with van der Waals surface area (Å²) < 4.78 is 0. The van der Waals surface area contributed by atoms with Crippen LogP contribution in [0.4, 0.5) is 5.69 Å². The fourth-order valence-electron chi connectivity index (χ4n) is 1.66. The lowest BCUT2D eigenvalue weighted by molar-refractivity contribution is -0.384. The monoisotopic (exact) mass is 314 g/mol. The van der Waals surface area contributed by atoms with Gasteiger partial charge in [0.2, 0.25) is 0 Å². The Morgan fingerprint density at radius 2 is 1.95 bits per heavy atom. The van der Waals surface area contributed by atoms with Gasteiger partial charge in [-0.05, 0) is 11.5 Å². The Balaban J connectivity index is 3.04.